The summed E-state index contributed by atoms with van der Waals surface area (Å²) in [4.78, 5) is 11.1. The van der Waals surface area contributed by atoms with E-state index in [0.717, 1.165) is 17.9 Å². The van der Waals surface area contributed by atoms with E-state index in [1.54, 1.807) is 11.8 Å². The maximum absolute atomic E-state index is 11.1. The molecule has 0 radical (unpaired) electrons. The largest absolute Gasteiger partial charge is 0.466 e. The predicted octanol–water partition coefficient (Wildman–Crippen LogP) is 2.46. The lowest BCUT2D eigenvalue weighted by Crippen LogP contribution is -2.20. The van der Waals surface area contributed by atoms with Crippen molar-refractivity contribution in [1.82, 2.24) is 0 Å². The van der Waals surface area contributed by atoms with Gasteiger partial charge in [-0.3, -0.25) is 4.79 Å². The number of carbonyl (C=O) groups excluding carboxylic acids is 1. The molecule has 0 heterocycles. The quantitative estimate of drug-likeness (QED) is 0.326. The average Bonchev–Trinajstić information content (AvgIpc) is 2.29. The van der Waals surface area contributed by atoms with Crippen molar-refractivity contribution >= 4 is 17.7 Å². The van der Waals surface area contributed by atoms with Gasteiger partial charge in [-0.25, -0.2) is 0 Å². The lowest BCUT2D eigenvalue weighted by Gasteiger charge is -2.16. The third-order valence-electron chi connectivity index (χ3n) is 1.93. The lowest BCUT2D eigenvalue weighted by atomic mass is 10.3. The van der Waals surface area contributed by atoms with Gasteiger partial charge in [0.1, 0.15) is 0 Å². The molecule has 0 rings (SSSR count). The minimum Gasteiger partial charge on any atom is -0.466 e. The molecular formula is C12H24O4S. The van der Waals surface area contributed by atoms with Crippen LogP contribution in [0.15, 0.2) is 0 Å². The van der Waals surface area contributed by atoms with E-state index >= 15 is 0 Å². The Kier molecular flexibility index (Phi) is 12.0. The molecule has 102 valence electrons. The number of thioether (sulfide) groups is 1. The second kappa shape index (κ2) is 12.2. The number of ether oxygens (including phenoxy) is 3. The van der Waals surface area contributed by atoms with E-state index < -0.39 is 0 Å². The monoisotopic (exact) mass is 264 g/mol. The van der Waals surface area contributed by atoms with E-state index in [0.29, 0.717) is 26.2 Å². The summed E-state index contributed by atoms with van der Waals surface area (Å²) >= 11 is 1.74. The maximum Gasteiger partial charge on any atom is 0.305 e. The van der Waals surface area contributed by atoms with Gasteiger partial charge in [-0.1, -0.05) is 0 Å². The number of hydrogen-bond donors (Lipinski definition) is 0. The van der Waals surface area contributed by atoms with Crippen LogP contribution in [-0.2, 0) is 19.0 Å². The SMILES string of the molecule is CCOC(=O)CCCSCC(OCC)OCC. The van der Waals surface area contributed by atoms with Crippen molar-refractivity contribution < 1.29 is 19.0 Å². The average molecular weight is 264 g/mol. The summed E-state index contributed by atoms with van der Waals surface area (Å²) in [5.74, 6) is 1.62. The van der Waals surface area contributed by atoms with Crippen molar-refractivity contribution in [2.24, 2.45) is 0 Å². The van der Waals surface area contributed by atoms with Crippen molar-refractivity contribution in [1.29, 1.82) is 0 Å². The number of esters is 1. The third-order valence-corrected chi connectivity index (χ3v) is 3.02. The molecule has 0 aromatic heterocycles. The van der Waals surface area contributed by atoms with Crippen LogP contribution in [0, 0.1) is 0 Å². The maximum atomic E-state index is 11.1. The summed E-state index contributed by atoms with van der Waals surface area (Å²) in [7, 11) is 0. The van der Waals surface area contributed by atoms with Gasteiger partial charge in [-0.2, -0.15) is 11.8 Å². The first-order valence-electron chi connectivity index (χ1n) is 6.21. The molecule has 0 aromatic carbocycles. The molecule has 0 unspecified atom stereocenters. The van der Waals surface area contributed by atoms with E-state index in [4.69, 9.17) is 14.2 Å². The van der Waals surface area contributed by atoms with Crippen molar-refractivity contribution in [2.75, 3.05) is 31.3 Å². The molecule has 0 fully saturated rings. The summed E-state index contributed by atoms with van der Waals surface area (Å²) in [6.07, 6.45) is 1.21. The second-order valence-electron chi connectivity index (χ2n) is 3.32. The van der Waals surface area contributed by atoms with Gasteiger partial charge >= 0.3 is 5.97 Å². The van der Waals surface area contributed by atoms with Gasteiger partial charge in [0.25, 0.3) is 0 Å². The molecule has 0 aromatic rings. The Morgan fingerprint density at radius 2 is 1.76 bits per heavy atom. The van der Waals surface area contributed by atoms with Gasteiger partial charge in [0, 0.05) is 25.4 Å². The van der Waals surface area contributed by atoms with Gasteiger partial charge in [0.2, 0.25) is 0 Å². The molecular weight excluding hydrogens is 240 g/mol. The summed E-state index contributed by atoms with van der Waals surface area (Å²) in [5.41, 5.74) is 0. The summed E-state index contributed by atoms with van der Waals surface area (Å²) in [6.45, 7) is 7.52. The van der Waals surface area contributed by atoms with Crippen LogP contribution in [0.25, 0.3) is 0 Å². The van der Waals surface area contributed by atoms with Gasteiger partial charge in [0.15, 0.2) is 6.29 Å². The zero-order valence-electron chi connectivity index (χ0n) is 11.1. The fraction of sp³-hybridized carbons (Fsp3) is 0.917. The van der Waals surface area contributed by atoms with Crippen LogP contribution in [-0.4, -0.2) is 43.6 Å². The minimum absolute atomic E-state index is 0.112. The highest BCUT2D eigenvalue weighted by Gasteiger charge is 2.08. The third kappa shape index (κ3) is 10.6. The first-order chi connectivity index (χ1) is 8.24. The molecule has 0 aliphatic carbocycles. The highest BCUT2D eigenvalue weighted by Crippen LogP contribution is 2.10. The fourth-order valence-corrected chi connectivity index (χ4v) is 2.15. The Balaban J connectivity index is 3.44. The molecule has 0 saturated heterocycles. The summed E-state index contributed by atoms with van der Waals surface area (Å²) in [6, 6.07) is 0. The van der Waals surface area contributed by atoms with Crippen molar-refractivity contribution in [3.63, 3.8) is 0 Å². The number of carbonyl (C=O) groups is 1. The molecule has 0 bridgehead atoms. The van der Waals surface area contributed by atoms with Gasteiger partial charge < -0.3 is 14.2 Å². The smallest absolute Gasteiger partial charge is 0.305 e. The van der Waals surface area contributed by atoms with Crippen molar-refractivity contribution in [2.45, 2.75) is 39.9 Å². The summed E-state index contributed by atoms with van der Waals surface area (Å²) < 4.78 is 15.7. The topological polar surface area (TPSA) is 44.8 Å². The zero-order chi connectivity index (χ0) is 12.9. The molecule has 0 aliphatic rings. The normalized spacial score (nSPS) is 10.8. The van der Waals surface area contributed by atoms with Crippen LogP contribution < -0.4 is 0 Å². The predicted molar refractivity (Wildman–Crippen MR) is 70.2 cm³/mol. The van der Waals surface area contributed by atoms with Crippen LogP contribution in [0.5, 0.6) is 0 Å². The first kappa shape index (κ1) is 16.7. The molecule has 0 spiro atoms. The lowest BCUT2D eigenvalue weighted by molar-refractivity contribution is -0.143. The standard InChI is InChI=1S/C12H24O4S/c1-4-14-11(13)8-7-9-17-10-12(15-5-2)16-6-3/h12H,4-10H2,1-3H3. The summed E-state index contributed by atoms with van der Waals surface area (Å²) in [5, 5.41) is 0. The highest BCUT2D eigenvalue weighted by atomic mass is 32.2. The van der Waals surface area contributed by atoms with Crippen LogP contribution >= 0.6 is 11.8 Å². The van der Waals surface area contributed by atoms with Crippen LogP contribution in [0.4, 0.5) is 0 Å². The van der Waals surface area contributed by atoms with E-state index in [1.165, 1.54) is 0 Å². The van der Waals surface area contributed by atoms with Crippen LogP contribution in [0.1, 0.15) is 33.6 Å². The Hall–Kier alpha value is -0.260. The first-order valence-corrected chi connectivity index (χ1v) is 7.36. The van der Waals surface area contributed by atoms with Gasteiger partial charge in [0.05, 0.1) is 6.61 Å². The van der Waals surface area contributed by atoms with Crippen molar-refractivity contribution in [3.05, 3.63) is 0 Å². The molecule has 0 N–H and O–H groups in total. The van der Waals surface area contributed by atoms with E-state index in [1.807, 2.05) is 20.8 Å². The van der Waals surface area contributed by atoms with E-state index in [-0.39, 0.29) is 12.3 Å². The molecule has 0 atom stereocenters. The highest BCUT2D eigenvalue weighted by molar-refractivity contribution is 7.99. The minimum atomic E-state index is -0.127. The molecule has 0 saturated carbocycles. The van der Waals surface area contributed by atoms with E-state index in [9.17, 15) is 4.79 Å². The Morgan fingerprint density at radius 3 is 2.29 bits per heavy atom. The molecule has 0 aliphatic heterocycles. The fourth-order valence-electron chi connectivity index (χ4n) is 1.25. The van der Waals surface area contributed by atoms with Crippen molar-refractivity contribution in [3.8, 4) is 0 Å². The molecule has 17 heavy (non-hydrogen) atoms. The van der Waals surface area contributed by atoms with E-state index in [2.05, 4.69) is 0 Å². The molecule has 0 amide bonds. The second-order valence-corrected chi connectivity index (χ2v) is 4.47. The molecule has 4 nitrogen and oxygen atoms in total. The van der Waals surface area contributed by atoms with Gasteiger partial charge in [-0.05, 0) is 32.9 Å². The Morgan fingerprint density at radius 1 is 1.12 bits per heavy atom. The number of hydrogen-bond acceptors (Lipinski definition) is 5. The Bertz CT molecular complexity index is 181. The molecule has 5 heteroatoms. The number of rotatable bonds is 11. The van der Waals surface area contributed by atoms with Crippen LogP contribution in [0.3, 0.4) is 0 Å². The Labute approximate surface area is 108 Å². The van der Waals surface area contributed by atoms with Gasteiger partial charge in [-0.15, -0.1) is 0 Å². The van der Waals surface area contributed by atoms with Crippen LogP contribution in [0.2, 0.25) is 0 Å². The zero-order valence-corrected chi connectivity index (χ0v) is 11.9.